The molecule has 1 atom stereocenters. The zero-order valence-corrected chi connectivity index (χ0v) is 19.8. The monoisotopic (exact) mass is 473 g/mol. The number of anilines is 3. The molecule has 1 fully saturated rings. The van der Waals surface area contributed by atoms with Gasteiger partial charge in [0.2, 0.25) is 11.8 Å². The molecule has 1 saturated heterocycles. The standard InChI is InChI=1S/C27H27N3O5/c1-17-7-6-8-19(13-17)28-27(33)21-9-4-5-10-22(21)29-26(32)18-14-25(31)30(16-18)23-12-11-20(34-2)15-24(23)35-3/h4-13,15,18H,14,16H2,1-3H3,(H,28,33)(H,29,32)/t18-/m0/s1. The van der Waals surface area contributed by atoms with Gasteiger partial charge in [0.15, 0.2) is 0 Å². The van der Waals surface area contributed by atoms with Crippen molar-refractivity contribution in [2.45, 2.75) is 13.3 Å². The number of nitrogens with one attached hydrogen (secondary N) is 2. The lowest BCUT2D eigenvalue weighted by molar-refractivity contribution is -0.122. The fraction of sp³-hybridized carbons (Fsp3) is 0.222. The van der Waals surface area contributed by atoms with Gasteiger partial charge in [-0.15, -0.1) is 0 Å². The minimum absolute atomic E-state index is 0.0542. The molecule has 8 heteroatoms. The van der Waals surface area contributed by atoms with Crippen molar-refractivity contribution < 1.29 is 23.9 Å². The maximum absolute atomic E-state index is 13.1. The molecule has 1 heterocycles. The molecule has 4 rings (SSSR count). The molecule has 0 aromatic heterocycles. The Bertz CT molecular complexity index is 1270. The molecular formula is C27H27N3O5. The number of carbonyl (C=O) groups excluding carboxylic acids is 3. The molecule has 35 heavy (non-hydrogen) atoms. The minimum atomic E-state index is -0.581. The van der Waals surface area contributed by atoms with Crippen molar-refractivity contribution in [3.63, 3.8) is 0 Å². The van der Waals surface area contributed by atoms with Crippen LogP contribution in [0.4, 0.5) is 17.1 Å². The summed E-state index contributed by atoms with van der Waals surface area (Å²) in [6.45, 7) is 2.14. The maximum atomic E-state index is 13.1. The second kappa shape index (κ2) is 10.3. The van der Waals surface area contributed by atoms with E-state index in [1.807, 2.05) is 25.1 Å². The highest BCUT2D eigenvalue weighted by atomic mass is 16.5. The molecule has 0 bridgehead atoms. The Morgan fingerprint density at radius 2 is 1.74 bits per heavy atom. The number of aryl methyl sites for hydroxylation is 1. The van der Waals surface area contributed by atoms with Crippen LogP contribution in [0.5, 0.6) is 11.5 Å². The van der Waals surface area contributed by atoms with Gasteiger partial charge in [0, 0.05) is 24.7 Å². The fourth-order valence-electron chi connectivity index (χ4n) is 4.07. The second-order valence-electron chi connectivity index (χ2n) is 8.30. The Labute approximate surface area is 203 Å². The van der Waals surface area contributed by atoms with Gasteiger partial charge in [0.1, 0.15) is 11.5 Å². The number of para-hydroxylation sites is 1. The van der Waals surface area contributed by atoms with Crippen LogP contribution < -0.4 is 25.0 Å². The molecule has 1 aliphatic rings. The van der Waals surface area contributed by atoms with Gasteiger partial charge in [-0.25, -0.2) is 0 Å². The van der Waals surface area contributed by atoms with E-state index in [2.05, 4.69) is 10.6 Å². The maximum Gasteiger partial charge on any atom is 0.257 e. The average molecular weight is 474 g/mol. The van der Waals surface area contributed by atoms with Crippen LogP contribution in [0.2, 0.25) is 0 Å². The molecule has 0 aliphatic carbocycles. The number of carbonyl (C=O) groups is 3. The number of methoxy groups -OCH3 is 2. The average Bonchev–Trinajstić information content (AvgIpc) is 3.25. The van der Waals surface area contributed by atoms with E-state index in [0.717, 1.165) is 5.56 Å². The fourth-order valence-corrected chi connectivity index (χ4v) is 4.07. The van der Waals surface area contributed by atoms with Crippen molar-refractivity contribution in [2.75, 3.05) is 36.3 Å². The molecule has 180 valence electrons. The topological polar surface area (TPSA) is 97.0 Å². The van der Waals surface area contributed by atoms with Gasteiger partial charge in [0.25, 0.3) is 5.91 Å². The molecule has 0 radical (unpaired) electrons. The number of hydrogen-bond donors (Lipinski definition) is 2. The highest BCUT2D eigenvalue weighted by Gasteiger charge is 2.36. The third-order valence-corrected chi connectivity index (χ3v) is 5.88. The second-order valence-corrected chi connectivity index (χ2v) is 8.30. The summed E-state index contributed by atoms with van der Waals surface area (Å²) >= 11 is 0. The quantitative estimate of drug-likeness (QED) is 0.535. The zero-order chi connectivity index (χ0) is 24.9. The summed E-state index contributed by atoms with van der Waals surface area (Å²) in [5.74, 6) is -0.340. The summed E-state index contributed by atoms with van der Waals surface area (Å²) in [6, 6.07) is 19.4. The van der Waals surface area contributed by atoms with Gasteiger partial charge in [-0.05, 0) is 48.9 Å². The van der Waals surface area contributed by atoms with E-state index in [-0.39, 0.29) is 30.7 Å². The van der Waals surface area contributed by atoms with Crippen molar-refractivity contribution in [3.8, 4) is 11.5 Å². The molecule has 2 N–H and O–H groups in total. The number of benzene rings is 3. The van der Waals surface area contributed by atoms with E-state index in [1.165, 1.54) is 7.11 Å². The lowest BCUT2D eigenvalue weighted by Crippen LogP contribution is -2.29. The van der Waals surface area contributed by atoms with Gasteiger partial charge in [0.05, 0.1) is 37.1 Å². The van der Waals surface area contributed by atoms with Gasteiger partial charge in [-0.1, -0.05) is 24.3 Å². The first kappa shape index (κ1) is 23.8. The van der Waals surface area contributed by atoms with Crippen molar-refractivity contribution in [3.05, 3.63) is 77.9 Å². The largest absolute Gasteiger partial charge is 0.497 e. The number of rotatable bonds is 7. The third kappa shape index (κ3) is 5.27. The highest BCUT2D eigenvalue weighted by Crippen LogP contribution is 2.36. The molecule has 3 aromatic carbocycles. The van der Waals surface area contributed by atoms with Crippen LogP contribution in [-0.2, 0) is 9.59 Å². The van der Waals surface area contributed by atoms with E-state index in [0.29, 0.717) is 34.1 Å². The lowest BCUT2D eigenvalue weighted by atomic mass is 10.1. The van der Waals surface area contributed by atoms with E-state index in [4.69, 9.17) is 9.47 Å². The van der Waals surface area contributed by atoms with E-state index < -0.39 is 5.92 Å². The number of nitrogens with zero attached hydrogens (tertiary/aromatic N) is 1. The van der Waals surface area contributed by atoms with E-state index in [1.54, 1.807) is 60.5 Å². The Kier molecular flexibility index (Phi) is 7.01. The first-order chi connectivity index (χ1) is 16.9. The molecule has 3 amide bonds. The first-order valence-electron chi connectivity index (χ1n) is 11.2. The SMILES string of the molecule is COc1ccc(N2C[C@@H](C(=O)Nc3ccccc3C(=O)Nc3cccc(C)c3)CC2=O)c(OC)c1. The van der Waals surface area contributed by atoms with Crippen LogP contribution in [0, 0.1) is 12.8 Å². The van der Waals surface area contributed by atoms with Crippen LogP contribution in [0.3, 0.4) is 0 Å². The summed E-state index contributed by atoms with van der Waals surface area (Å²) < 4.78 is 10.6. The molecule has 0 unspecified atom stereocenters. The van der Waals surface area contributed by atoms with E-state index >= 15 is 0 Å². The molecule has 0 spiro atoms. The van der Waals surface area contributed by atoms with Crippen LogP contribution >= 0.6 is 0 Å². The summed E-state index contributed by atoms with van der Waals surface area (Å²) in [6.07, 6.45) is 0.0542. The third-order valence-electron chi connectivity index (χ3n) is 5.88. The molecular weight excluding hydrogens is 446 g/mol. The zero-order valence-electron chi connectivity index (χ0n) is 19.8. The van der Waals surface area contributed by atoms with Gasteiger partial charge in [-0.3, -0.25) is 14.4 Å². The Morgan fingerprint density at radius 1 is 0.943 bits per heavy atom. The summed E-state index contributed by atoms with van der Waals surface area (Å²) in [4.78, 5) is 40.3. The molecule has 0 saturated carbocycles. The first-order valence-corrected chi connectivity index (χ1v) is 11.2. The summed E-state index contributed by atoms with van der Waals surface area (Å²) in [7, 11) is 3.07. The van der Waals surface area contributed by atoms with Crippen LogP contribution in [0.25, 0.3) is 0 Å². The highest BCUT2D eigenvalue weighted by molar-refractivity contribution is 6.11. The Hall–Kier alpha value is -4.33. The Balaban J connectivity index is 1.48. The van der Waals surface area contributed by atoms with Crippen LogP contribution in [0.15, 0.2) is 66.7 Å². The van der Waals surface area contributed by atoms with Gasteiger partial charge in [-0.2, -0.15) is 0 Å². The van der Waals surface area contributed by atoms with Crippen molar-refractivity contribution in [1.29, 1.82) is 0 Å². The van der Waals surface area contributed by atoms with Gasteiger partial charge >= 0.3 is 0 Å². The number of amides is 3. The van der Waals surface area contributed by atoms with Gasteiger partial charge < -0.3 is 25.0 Å². The molecule has 3 aromatic rings. The predicted molar refractivity (Wildman–Crippen MR) is 134 cm³/mol. The smallest absolute Gasteiger partial charge is 0.257 e. The van der Waals surface area contributed by atoms with Crippen LogP contribution in [0.1, 0.15) is 22.3 Å². The predicted octanol–water partition coefficient (Wildman–Crippen LogP) is 4.26. The van der Waals surface area contributed by atoms with Crippen LogP contribution in [-0.4, -0.2) is 38.5 Å². The summed E-state index contributed by atoms with van der Waals surface area (Å²) in [5, 5.41) is 5.70. The minimum Gasteiger partial charge on any atom is -0.497 e. The van der Waals surface area contributed by atoms with Crippen molar-refractivity contribution in [1.82, 2.24) is 0 Å². The number of hydrogen-bond acceptors (Lipinski definition) is 5. The molecule has 8 nitrogen and oxygen atoms in total. The Morgan fingerprint density at radius 3 is 2.49 bits per heavy atom. The summed E-state index contributed by atoms with van der Waals surface area (Å²) in [5.41, 5.74) is 2.98. The number of ether oxygens (including phenoxy) is 2. The normalized spacial score (nSPS) is 15.0. The molecule has 1 aliphatic heterocycles. The van der Waals surface area contributed by atoms with E-state index in [9.17, 15) is 14.4 Å². The lowest BCUT2D eigenvalue weighted by Gasteiger charge is -2.20. The van der Waals surface area contributed by atoms with Crippen molar-refractivity contribution in [2.24, 2.45) is 5.92 Å². The van der Waals surface area contributed by atoms with Crippen molar-refractivity contribution >= 4 is 34.8 Å².